The van der Waals surface area contributed by atoms with Crippen LogP contribution in [0, 0.1) is 19.7 Å². The van der Waals surface area contributed by atoms with E-state index in [1.54, 1.807) is 32.0 Å². The van der Waals surface area contributed by atoms with Crippen LogP contribution in [-0.2, 0) is 0 Å². The lowest BCUT2D eigenvalue weighted by atomic mass is 10.2. The smallest absolute Gasteiger partial charge is 0.230 e. The van der Waals surface area contributed by atoms with E-state index in [0.29, 0.717) is 17.0 Å². The molecule has 5 nitrogen and oxygen atoms in total. The van der Waals surface area contributed by atoms with Crippen LogP contribution >= 0.6 is 0 Å². The second-order valence-corrected chi connectivity index (χ2v) is 4.30. The molecule has 1 aromatic carbocycles. The van der Waals surface area contributed by atoms with E-state index in [-0.39, 0.29) is 11.7 Å². The molecule has 104 valence electrons. The van der Waals surface area contributed by atoms with E-state index in [0.717, 1.165) is 5.56 Å². The lowest BCUT2D eigenvalue weighted by Crippen LogP contribution is -2.15. The standard InChI is InChI=1S/C14H14FN3O2/c1-8-3-5-10(15)7-12(8)20-14-11(13(16)18-19)6-4-9(2)17-14/h3-7,19H,1-2H3,(H2,16,18). The van der Waals surface area contributed by atoms with Crippen molar-refractivity contribution < 1.29 is 14.3 Å². The van der Waals surface area contributed by atoms with Crippen LogP contribution in [0.5, 0.6) is 11.6 Å². The summed E-state index contributed by atoms with van der Waals surface area (Å²) in [6.07, 6.45) is 0. The van der Waals surface area contributed by atoms with E-state index in [2.05, 4.69) is 10.1 Å². The van der Waals surface area contributed by atoms with E-state index in [1.165, 1.54) is 12.1 Å². The van der Waals surface area contributed by atoms with Crippen LogP contribution in [0.2, 0.25) is 0 Å². The van der Waals surface area contributed by atoms with Gasteiger partial charge in [-0.25, -0.2) is 9.37 Å². The van der Waals surface area contributed by atoms with Crippen molar-refractivity contribution in [2.75, 3.05) is 0 Å². The van der Waals surface area contributed by atoms with Crippen molar-refractivity contribution in [2.24, 2.45) is 10.9 Å². The fraction of sp³-hybridized carbons (Fsp3) is 0.143. The summed E-state index contributed by atoms with van der Waals surface area (Å²) < 4.78 is 18.9. The van der Waals surface area contributed by atoms with Gasteiger partial charge in [0.15, 0.2) is 5.84 Å². The van der Waals surface area contributed by atoms with Crippen molar-refractivity contribution >= 4 is 5.84 Å². The molecule has 0 saturated heterocycles. The van der Waals surface area contributed by atoms with Crippen molar-refractivity contribution in [1.82, 2.24) is 4.98 Å². The van der Waals surface area contributed by atoms with Gasteiger partial charge in [-0.3, -0.25) is 0 Å². The fourth-order valence-corrected chi connectivity index (χ4v) is 1.65. The molecule has 0 aliphatic carbocycles. The highest BCUT2D eigenvalue weighted by Gasteiger charge is 2.13. The number of hydrogen-bond acceptors (Lipinski definition) is 4. The van der Waals surface area contributed by atoms with Crippen molar-refractivity contribution in [3.05, 3.63) is 53.0 Å². The molecule has 0 fully saturated rings. The average Bonchev–Trinajstić information content (AvgIpc) is 2.42. The topological polar surface area (TPSA) is 80.7 Å². The third-order valence-electron chi connectivity index (χ3n) is 2.74. The summed E-state index contributed by atoms with van der Waals surface area (Å²) >= 11 is 0. The lowest BCUT2D eigenvalue weighted by molar-refractivity contribution is 0.318. The molecule has 0 aliphatic rings. The number of halogens is 1. The summed E-state index contributed by atoms with van der Waals surface area (Å²) in [7, 11) is 0. The zero-order valence-corrected chi connectivity index (χ0v) is 11.1. The average molecular weight is 275 g/mol. The molecule has 1 aromatic heterocycles. The second-order valence-electron chi connectivity index (χ2n) is 4.30. The van der Waals surface area contributed by atoms with E-state index < -0.39 is 5.82 Å². The summed E-state index contributed by atoms with van der Waals surface area (Å²) in [6.45, 7) is 3.56. The lowest BCUT2D eigenvalue weighted by Gasteiger charge is -2.11. The molecule has 3 N–H and O–H groups in total. The Morgan fingerprint density at radius 2 is 2.05 bits per heavy atom. The number of aryl methyl sites for hydroxylation is 2. The Kier molecular flexibility index (Phi) is 3.84. The highest BCUT2D eigenvalue weighted by atomic mass is 19.1. The molecule has 0 bridgehead atoms. The Morgan fingerprint density at radius 3 is 2.75 bits per heavy atom. The molecule has 2 aromatic rings. The molecule has 0 saturated carbocycles. The van der Waals surface area contributed by atoms with Crippen molar-refractivity contribution in [1.29, 1.82) is 0 Å². The SMILES string of the molecule is Cc1ccc(/C(N)=N/O)c(Oc2cc(F)ccc2C)n1. The van der Waals surface area contributed by atoms with Crippen LogP contribution in [0.1, 0.15) is 16.8 Å². The van der Waals surface area contributed by atoms with Crippen LogP contribution in [0.25, 0.3) is 0 Å². The van der Waals surface area contributed by atoms with Gasteiger partial charge in [0.1, 0.15) is 11.6 Å². The minimum atomic E-state index is -0.413. The first kappa shape index (κ1) is 13.8. The van der Waals surface area contributed by atoms with Gasteiger partial charge in [-0.2, -0.15) is 0 Å². The quantitative estimate of drug-likeness (QED) is 0.390. The van der Waals surface area contributed by atoms with Gasteiger partial charge in [-0.15, -0.1) is 0 Å². The predicted molar refractivity (Wildman–Crippen MR) is 72.7 cm³/mol. The molecule has 0 amide bonds. The van der Waals surface area contributed by atoms with E-state index in [1.807, 2.05) is 0 Å². The van der Waals surface area contributed by atoms with Crippen molar-refractivity contribution in [3.63, 3.8) is 0 Å². The number of pyridine rings is 1. The number of oxime groups is 1. The predicted octanol–water partition coefficient (Wildman–Crippen LogP) is 2.72. The highest BCUT2D eigenvalue weighted by Crippen LogP contribution is 2.27. The largest absolute Gasteiger partial charge is 0.438 e. The summed E-state index contributed by atoms with van der Waals surface area (Å²) in [5.74, 6) is -0.0470. The Hall–Kier alpha value is -2.63. The van der Waals surface area contributed by atoms with Gasteiger partial charge in [-0.1, -0.05) is 11.2 Å². The summed E-state index contributed by atoms with van der Waals surface area (Å²) in [5, 5.41) is 11.7. The first-order valence-corrected chi connectivity index (χ1v) is 5.91. The van der Waals surface area contributed by atoms with Gasteiger partial charge in [0.2, 0.25) is 5.88 Å². The normalized spacial score (nSPS) is 11.4. The number of aromatic nitrogens is 1. The van der Waals surface area contributed by atoms with Gasteiger partial charge in [0, 0.05) is 11.8 Å². The number of nitrogens with two attached hydrogens (primary N) is 1. The van der Waals surface area contributed by atoms with Gasteiger partial charge < -0.3 is 15.7 Å². The maximum atomic E-state index is 13.3. The third-order valence-corrected chi connectivity index (χ3v) is 2.74. The fourth-order valence-electron chi connectivity index (χ4n) is 1.65. The maximum absolute atomic E-state index is 13.3. The molecule has 0 radical (unpaired) electrons. The molecule has 0 atom stereocenters. The Balaban J connectivity index is 2.47. The minimum Gasteiger partial charge on any atom is -0.438 e. The zero-order valence-electron chi connectivity index (χ0n) is 11.1. The van der Waals surface area contributed by atoms with Gasteiger partial charge in [0.05, 0.1) is 5.56 Å². The Labute approximate surface area is 115 Å². The molecule has 1 heterocycles. The van der Waals surface area contributed by atoms with Crippen LogP contribution in [0.3, 0.4) is 0 Å². The summed E-state index contributed by atoms with van der Waals surface area (Å²) in [6, 6.07) is 7.54. The van der Waals surface area contributed by atoms with Crippen LogP contribution in [-0.4, -0.2) is 16.0 Å². The van der Waals surface area contributed by atoms with Crippen LogP contribution in [0.15, 0.2) is 35.5 Å². The van der Waals surface area contributed by atoms with Crippen molar-refractivity contribution in [3.8, 4) is 11.6 Å². The Morgan fingerprint density at radius 1 is 1.30 bits per heavy atom. The monoisotopic (exact) mass is 275 g/mol. The van der Waals surface area contributed by atoms with Crippen molar-refractivity contribution in [2.45, 2.75) is 13.8 Å². The molecule has 2 rings (SSSR count). The molecule has 0 unspecified atom stereocenters. The first-order chi connectivity index (χ1) is 9.51. The molecule has 0 spiro atoms. The summed E-state index contributed by atoms with van der Waals surface area (Å²) in [4.78, 5) is 4.19. The molecular weight excluding hydrogens is 261 g/mol. The van der Waals surface area contributed by atoms with Gasteiger partial charge in [-0.05, 0) is 37.6 Å². The maximum Gasteiger partial charge on any atom is 0.230 e. The number of nitrogens with zero attached hydrogens (tertiary/aromatic N) is 2. The van der Waals surface area contributed by atoms with Crippen LogP contribution < -0.4 is 10.5 Å². The first-order valence-electron chi connectivity index (χ1n) is 5.91. The minimum absolute atomic E-state index is 0.124. The van der Waals surface area contributed by atoms with E-state index >= 15 is 0 Å². The molecule has 0 aliphatic heterocycles. The number of rotatable bonds is 3. The zero-order chi connectivity index (χ0) is 14.7. The van der Waals surface area contributed by atoms with E-state index in [9.17, 15) is 4.39 Å². The highest BCUT2D eigenvalue weighted by molar-refractivity contribution is 5.99. The number of ether oxygens (including phenoxy) is 1. The Bertz CT molecular complexity index is 671. The van der Waals surface area contributed by atoms with Crippen LogP contribution in [0.4, 0.5) is 4.39 Å². The summed E-state index contributed by atoms with van der Waals surface area (Å²) in [5.41, 5.74) is 7.36. The number of hydrogen-bond donors (Lipinski definition) is 2. The van der Waals surface area contributed by atoms with Gasteiger partial charge >= 0.3 is 0 Å². The number of amidine groups is 1. The molecule has 20 heavy (non-hydrogen) atoms. The number of benzene rings is 1. The molecule has 6 heteroatoms. The van der Waals surface area contributed by atoms with Gasteiger partial charge in [0.25, 0.3) is 0 Å². The van der Waals surface area contributed by atoms with E-state index in [4.69, 9.17) is 15.7 Å². The third kappa shape index (κ3) is 2.85. The second kappa shape index (κ2) is 5.56. The molecular formula is C14H14FN3O2.